The number of aromatic nitrogens is 2. The molecule has 0 aliphatic heterocycles. The molecular formula is C16H15FN2. The summed E-state index contributed by atoms with van der Waals surface area (Å²) in [7, 11) is 0. The van der Waals surface area contributed by atoms with E-state index in [-0.39, 0.29) is 11.2 Å². The van der Waals surface area contributed by atoms with Crippen LogP contribution in [0.25, 0.3) is 11.3 Å². The highest BCUT2D eigenvalue weighted by atomic mass is 19.1. The van der Waals surface area contributed by atoms with E-state index in [4.69, 9.17) is 0 Å². The van der Waals surface area contributed by atoms with Crippen LogP contribution in [0, 0.1) is 5.82 Å². The van der Waals surface area contributed by atoms with Crippen molar-refractivity contribution in [1.82, 2.24) is 10.2 Å². The van der Waals surface area contributed by atoms with Crippen molar-refractivity contribution in [1.29, 1.82) is 0 Å². The van der Waals surface area contributed by atoms with Gasteiger partial charge in [-0.1, -0.05) is 19.1 Å². The molecule has 19 heavy (non-hydrogen) atoms. The lowest BCUT2D eigenvalue weighted by molar-refractivity contribution is 0.484. The van der Waals surface area contributed by atoms with Crippen LogP contribution in [0.5, 0.6) is 0 Å². The molecule has 4 rings (SSSR count). The number of hydrogen-bond donors (Lipinski definition) is 0. The maximum Gasteiger partial charge on any atom is 0.132 e. The summed E-state index contributed by atoms with van der Waals surface area (Å²) >= 11 is 0. The van der Waals surface area contributed by atoms with Crippen molar-refractivity contribution in [3.63, 3.8) is 0 Å². The van der Waals surface area contributed by atoms with Crippen molar-refractivity contribution in [2.45, 2.75) is 37.5 Å². The summed E-state index contributed by atoms with van der Waals surface area (Å²) in [5.74, 6) is 0.368. The van der Waals surface area contributed by atoms with Crippen molar-refractivity contribution in [2.75, 3.05) is 0 Å². The second-order valence-electron chi connectivity index (χ2n) is 6.01. The molecule has 3 heteroatoms. The monoisotopic (exact) mass is 254 g/mol. The molecular weight excluding hydrogens is 239 g/mol. The zero-order valence-corrected chi connectivity index (χ0v) is 10.9. The van der Waals surface area contributed by atoms with Crippen LogP contribution in [0.15, 0.2) is 30.3 Å². The Labute approximate surface area is 111 Å². The van der Waals surface area contributed by atoms with Gasteiger partial charge < -0.3 is 0 Å². The summed E-state index contributed by atoms with van der Waals surface area (Å²) in [6.45, 7) is 2.27. The molecule has 2 nitrogen and oxygen atoms in total. The summed E-state index contributed by atoms with van der Waals surface area (Å²) in [5.41, 5.74) is 3.85. The normalized spacial score (nSPS) is 27.6. The molecule has 2 aromatic rings. The highest BCUT2D eigenvalue weighted by Crippen LogP contribution is 2.56. The number of nitrogens with zero attached hydrogens (tertiary/aromatic N) is 2. The molecule has 2 aliphatic carbocycles. The van der Waals surface area contributed by atoms with Crippen LogP contribution in [0.3, 0.4) is 0 Å². The second-order valence-corrected chi connectivity index (χ2v) is 6.01. The van der Waals surface area contributed by atoms with E-state index in [0.717, 1.165) is 5.69 Å². The minimum atomic E-state index is -0.230. The van der Waals surface area contributed by atoms with E-state index >= 15 is 0 Å². The van der Waals surface area contributed by atoms with Gasteiger partial charge in [0.05, 0.1) is 11.4 Å². The molecule has 0 radical (unpaired) electrons. The first kappa shape index (κ1) is 11.1. The van der Waals surface area contributed by atoms with E-state index < -0.39 is 0 Å². The maximum absolute atomic E-state index is 13.8. The number of benzene rings is 1. The Morgan fingerprint density at radius 1 is 1.26 bits per heavy atom. The average molecular weight is 254 g/mol. The minimum absolute atomic E-state index is 0.209. The lowest BCUT2D eigenvalue weighted by Crippen LogP contribution is -2.18. The fraction of sp³-hybridized carbons (Fsp3) is 0.375. The molecule has 0 saturated heterocycles. The summed E-state index contributed by atoms with van der Waals surface area (Å²) < 4.78 is 13.8. The molecule has 2 atom stereocenters. The topological polar surface area (TPSA) is 25.8 Å². The number of hydrogen-bond acceptors (Lipinski definition) is 2. The fourth-order valence-electron chi connectivity index (χ4n) is 3.71. The van der Waals surface area contributed by atoms with Crippen molar-refractivity contribution in [3.05, 3.63) is 47.4 Å². The Balaban J connectivity index is 1.87. The zero-order valence-electron chi connectivity index (χ0n) is 10.9. The second kappa shape index (κ2) is 3.62. The van der Waals surface area contributed by atoms with Crippen LogP contribution >= 0.6 is 0 Å². The van der Waals surface area contributed by atoms with Crippen molar-refractivity contribution < 1.29 is 4.39 Å². The van der Waals surface area contributed by atoms with Gasteiger partial charge in [-0.25, -0.2) is 4.39 Å². The lowest BCUT2D eigenvalue weighted by Gasteiger charge is -2.22. The number of rotatable bonds is 1. The molecule has 96 valence electrons. The van der Waals surface area contributed by atoms with Crippen LogP contribution in [-0.2, 0) is 5.41 Å². The smallest absolute Gasteiger partial charge is 0.132 e. The van der Waals surface area contributed by atoms with E-state index in [0.29, 0.717) is 17.2 Å². The van der Waals surface area contributed by atoms with E-state index in [9.17, 15) is 4.39 Å². The first-order valence-electron chi connectivity index (χ1n) is 6.80. The number of fused-ring (bicyclic) bond motifs is 5. The molecule has 0 spiro atoms. The van der Waals surface area contributed by atoms with Crippen LogP contribution in [0.4, 0.5) is 4.39 Å². The van der Waals surface area contributed by atoms with E-state index in [2.05, 4.69) is 23.2 Å². The van der Waals surface area contributed by atoms with Crippen molar-refractivity contribution >= 4 is 0 Å². The van der Waals surface area contributed by atoms with Gasteiger partial charge >= 0.3 is 0 Å². The Morgan fingerprint density at radius 3 is 2.95 bits per heavy atom. The van der Waals surface area contributed by atoms with Gasteiger partial charge in [-0.15, -0.1) is 0 Å². The SMILES string of the molecule is C[C@@]12CC[C@@H](C1)c1cc(-c3ccccc3F)nnc12. The van der Waals surface area contributed by atoms with Gasteiger partial charge in [0.25, 0.3) is 0 Å². The van der Waals surface area contributed by atoms with Gasteiger partial charge in [0.1, 0.15) is 5.82 Å². The lowest BCUT2D eigenvalue weighted by atomic mass is 9.85. The largest absolute Gasteiger partial charge is 0.206 e. The third kappa shape index (κ3) is 1.47. The molecule has 1 aromatic heterocycles. The fourth-order valence-corrected chi connectivity index (χ4v) is 3.71. The van der Waals surface area contributed by atoms with Crippen LogP contribution < -0.4 is 0 Å². The molecule has 1 aromatic carbocycles. The van der Waals surface area contributed by atoms with E-state index in [1.54, 1.807) is 12.1 Å². The van der Waals surface area contributed by atoms with Gasteiger partial charge in [-0.05, 0) is 48.9 Å². The molecule has 1 saturated carbocycles. The standard InChI is InChI=1S/C16H15FN2/c1-16-7-6-10(9-16)12-8-14(18-19-15(12)16)11-4-2-3-5-13(11)17/h2-5,8,10H,6-7,9H2,1H3/t10-,16+/m0/s1. The van der Waals surface area contributed by atoms with Gasteiger partial charge in [-0.2, -0.15) is 10.2 Å². The van der Waals surface area contributed by atoms with E-state index in [1.165, 1.54) is 30.9 Å². The van der Waals surface area contributed by atoms with Crippen LogP contribution in [0.1, 0.15) is 43.4 Å². The van der Waals surface area contributed by atoms with Gasteiger partial charge in [-0.3, -0.25) is 0 Å². The van der Waals surface area contributed by atoms with Crippen molar-refractivity contribution in [2.24, 2.45) is 0 Å². The van der Waals surface area contributed by atoms with Gasteiger partial charge in [0.15, 0.2) is 0 Å². The van der Waals surface area contributed by atoms with Crippen molar-refractivity contribution in [3.8, 4) is 11.3 Å². The molecule has 1 fully saturated rings. The minimum Gasteiger partial charge on any atom is -0.206 e. The van der Waals surface area contributed by atoms with E-state index in [1.807, 2.05) is 6.07 Å². The molecule has 0 unspecified atom stereocenters. The average Bonchev–Trinajstić information content (AvgIpc) is 2.94. The summed E-state index contributed by atoms with van der Waals surface area (Å²) in [4.78, 5) is 0. The molecule has 0 amide bonds. The van der Waals surface area contributed by atoms with Gasteiger partial charge in [0.2, 0.25) is 0 Å². The predicted octanol–water partition coefficient (Wildman–Crippen LogP) is 3.82. The van der Waals surface area contributed by atoms with Crippen LogP contribution in [-0.4, -0.2) is 10.2 Å². The Bertz CT molecular complexity index is 668. The molecule has 2 bridgehead atoms. The third-order valence-electron chi connectivity index (χ3n) is 4.73. The molecule has 1 heterocycles. The highest BCUT2D eigenvalue weighted by Gasteiger charge is 2.47. The van der Waals surface area contributed by atoms with Crippen LogP contribution in [0.2, 0.25) is 0 Å². The Kier molecular flexibility index (Phi) is 2.12. The quantitative estimate of drug-likeness (QED) is 0.773. The number of halogens is 1. The summed E-state index contributed by atoms with van der Waals surface area (Å²) in [6.07, 6.45) is 3.61. The summed E-state index contributed by atoms with van der Waals surface area (Å²) in [6, 6.07) is 8.82. The predicted molar refractivity (Wildman–Crippen MR) is 71.4 cm³/mol. The molecule has 0 N–H and O–H groups in total. The van der Waals surface area contributed by atoms with Gasteiger partial charge in [0, 0.05) is 11.0 Å². The molecule has 2 aliphatic rings. The zero-order chi connectivity index (χ0) is 13.0. The summed E-state index contributed by atoms with van der Waals surface area (Å²) in [5, 5.41) is 8.67. The first-order chi connectivity index (χ1) is 9.17. The highest BCUT2D eigenvalue weighted by molar-refractivity contribution is 5.61. The maximum atomic E-state index is 13.8. The Morgan fingerprint density at radius 2 is 2.11 bits per heavy atom. The Hall–Kier alpha value is -1.77. The third-order valence-corrected chi connectivity index (χ3v) is 4.73. The first-order valence-corrected chi connectivity index (χ1v) is 6.80.